The number of hydrogen-bond acceptors (Lipinski definition) is 2. The molecule has 2 N–H and O–H groups in total. The number of carbonyl (C=O) groups is 2. The molecule has 1 fully saturated rings. The first-order valence-corrected chi connectivity index (χ1v) is 8.50. The molecule has 3 rings (SSSR count). The fourth-order valence-corrected chi connectivity index (χ4v) is 2.80. The van der Waals surface area contributed by atoms with Crippen LogP contribution in [0.25, 0.3) is 0 Å². The van der Waals surface area contributed by atoms with E-state index in [0.29, 0.717) is 19.4 Å². The van der Waals surface area contributed by atoms with Crippen LogP contribution in [0.1, 0.15) is 24.8 Å². The Hall–Kier alpha value is -2.69. The summed E-state index contributed by atoms with van der Waals surface area (Å²) in [6, 6.07) is 16.0. The summed E-state index contributed by atoms with van der Waals surface area (Å²) in [5.41, 5.74) is 0.278. The van der Waals surface area contributed by atoms with Crippen molar-refractivity contribution in [3.63, 3.8) is 0 Å². The molecule has 0 unspecified atom stereocenters. The second kappa shape index (κ2) is 7.47. The third kappa shape index (κ3) is 4.05. The summed E-state index contributed by atoms with van der Waals surface area (Å²) in [7, 11) is 0. The van der Waals surface area contributed by atoms with Gasteiger partial charge in [-0.1, -0.05) is 42.5 Å². The van der Waals surface area contributed by atoms with Gasteiger partial charge in [0.15, 0.2) is 0 Å². The van der Waals surface area contributed by atoms with Crippen molar-refractivity contribution in [3.8, 4) is 0 Å². The molecule has 5 heteroatoms. The summed E-state index contributed by atoms with van der Waals surface area (Å²) in [5, 5.41) is 5.38. The van der Waals surface area contributed by atoms with Gasteiger partial charge in [0.1, 0.15) is 11.2 Å². The van der Waals surface area contributed by atoms with E-state index in [4.69, 9.17) is 0 Å². The average molecular weight is 340 g/mol. The predicted octanol–water partition coefficient (Wildman–Crippen LogP) is 3.29. The van der Waals surface area contributed by atoms with Crippen molar-refractivity contribution >= 4 is 17.5 Å². The number of anilines is 1. The SMILES string of the molecule is O=C(NCCCc1ccccc1)C1(C(=O)Nc2ccccc2F)CC1. The maximum absolute atomic E-state index is 13.7. The van der Waals surface area contributed by atoms with E-state index in [9.17, 15) is 14.0 Å². The lowest BCUT2D eigenvalue weighted by Gasteiger charge is -2.15. The van der Waals surface area contributed by atoms with Crippen LogP contribution < -0.4 is 10.6 Å². The van der Waals surface area contributed by atoms with Gasteiger partial charge >= 0.3 is 0 Å². The highest BCUT2D eigenvalue weighted by Crippen LogP contribution is 2.46. The third-order valence-electron chi connectivity index (χ3n) is 4.51. The minimum Gasteiger partial charge on any atom is -0.355 e. The molecule has 1 aliphatic rings. The van der Waals surface area contributed by atoms with Crippen molar-refractivity contribution in [2.24, 2.45) is 5.41 Å². The average Bonchev–Trinajstić information content (AvgIpc) is 3.43. The van der Waals surface area contributed by atoms with E-state index in [1.807, 2.05) is 30.3 Å². The van der Waals surface area contributed by atoms with Crippen LogP contribution in [-0.2, 0) is 16.0 Å². The maximum Gasteiger partial charge on any atom is 0.240 e. The zero-order valence-corrected chi connectivity index (χ0v) is 13.9. The molecule has 0 heterocycles. The fraction of sp³-hybridized carbons (Fsp3) is 0.300. The maximum atomic E-state index is 13.7. The van der Waals surface area contributed by atoms with Crippen LogP contribution in [0.15, 0.2) is 54.6 Å². The Balaban J connectivity index is 1.49. The molecular formula is C20H21FN2O2. The van der Waals surface area contributed by atoms with Gasteiger partial charge in [-0.2, -0.15) is 0 Å². The van der Waals surface area contributed by atoms with Gasteiger partial charge in [-0.05, 0) is 43.4 Å². The first-order valence-electron chi connectivity index (χ1n) is 8.50. The molecule has 130 valence electrons. The topological polar surface area (TPSA) is 58.2 Å². The molecule has 0 bridgehead atoms. The van der Waals surface area contributed by atoms with Gasteiger partial charge in [-0.25, -0.2) is 4.39 Å². The Kier molecular flexibility index (Phi) is 5.12. The summed E-state index contributed by atoms with van der Waals surface area (Å²) >= 11 is 0. The Bertz CT molecular complexity index is 757. The fourth-order valence-electron chi connectivity index (χ4n) is 2.80. The number of rotatable bonds is 7. The van der Waals surface area contributed by atoms with Gasteiger partial charge < -0.3 is 10.6 Å². The van der Waals surface area contributed by atoms with Crippen LogP contribution in [0.4, 0.5) is 10.1 Å². The largest absolute Gasteiger partial charge is 0.355 e. The predicted molar refractivity (Wildman–Crippen MR) is 94.5 cm³/mol. The number of hydrogen-bond donors (Lipinski definition) is 2. The minimum atomic E-state index is -1.05. The van der Waals surface area contributed by atoms with Gasteiger partial charge in [0.2, 0.25) is 11.8 Å². The van der Waals surface area contributed by atoms with E-state index in [1.165, 1.54) is 17.7 Å². The molecule has 2 aromatic carbocycles. The molecule has 0 aromatic heterocycles. The summed E-state index contributed by atoms with van der Waals surface area (Å²) in [6.45, 7) is 0.516. The normalized spacial score (nSPS) is 14.6. The lowest BCUT2D eigenvalue weighted by molar-refractivity contribution is -0.134. The zero-order valence-electron chi connectivity index (χ0n) is 13.9. The summed E-state index contributed by atoms with van der Waals surface area (Å²) in [4.78, 5) is 24.8. The molecule has 4 nitrogen and oxygen atoms in total. The molecular weight excluding hydrogens is 319 g/mol. The summed E-state index contributed by atoms with van der Waals surface area (Å²) < 4.78 is 13.7. The van der Waals surface area contributed by atoms with Crippen LogP contribution in [0, 0.1) is 11.2 Å². The minimum absolute atomic E-state index is 0.107. The van der Waals surface area contributed by atoms with E-state index in [1.54, 1.807) is 12.1 Å². The number of carbonyl (C=O) groups excluding carboxylic acids is 2. The van der Waals surface area contributed by atoms with E-state index >= 15 is 0 Å². The van der Waals surface area contributed by atoms with Gasteiger partial charge in [-0.3, -0.25) is 9.59 Å². The number of aryl methyl sites for hydroxylation is 1. The second-order valence-corrected chi connectivity index (χ2v) is 6.36. The molecule has 2 aromatic rings. The van der Waals surface area contributed by atoms with Crippen LogP contribution in [0.5, 0.6) is 0 Å². The first kappa shape index (κ1) is 17.1. The van der Waals surface area contributed by atoms with Crippen LogP contribution in [-0.4, -0.2) is 18.4 Å². The van der Waals surface area contributed by atoms with Crippen molar-refractivity contribution < 1.29 is 14.0 Å². The quantitative estimate of drug-likeness (QED) is 0.600. The van der Waals surface area contributed by atoms with Crippen molar-refractivity contribution in [1.82, 2.24) is 5.32 Å². The lowest BCUT2D eigenvalue weighted by atomic mass is 10.0. The number of benzene rings is 2. The molecule has 0 atom stereocenters. The molecule has 1 saturated carbocycles. The highest BCUT2D eigenvalue weighted by atomic mass is 19.1. The molecule has 1 aliphatic carbocycles. The van der Waals surface area contributed by atoms with Crippen molar-refractivity contribution in [1.29, 1.82) is 0 Å². The highest BCUT2D eigenvalue weighted by molar-refractivity contribution is 6.13. The number of amides is 2. The molecule has 25 heavy (non-hydrogen) atoms. The number of halogens is 1. The smallest absolute Gasteiger partial charge is 0.240 e. The Morgan fingerprint density at radius 1 is 0.960 bits per heavy atom. The summed E-state index contributed by atoms with van der Waals surface area (Å²) in [5.74, 6) is -1.21. The standard InChI is InChI=1S/C20H21FN2O2/c21-16-10-4-5-11-17(16)23-19(25)20(12-13-20)18(24)22-14-6-9-15-7-2-1-3-8-15/h1-5,7-8,10-11H,6,9,12-14H2,(H,22,24)(H,23,25). The van der Waals surface area contributed by atoms with E-state index in [0.717, 1.165) is 12.8 Å². The Labute approximate surface area is 146 Å². The van der Waals surface area contributed by atoms with Crippen molar-refractivity contribution in [2.45, 2.75) is 25.7 Å². The van der Waals surface area contributed by atoms with Crippen LogP contribution >= 0.6 is 0 Å². The van der Waals surface area contributed by atoms with E-state index < -0.39 is 17.1 Å². The van der Waals surface area contributed by atoms with Crippen LogP contribution in [0.2, 0.25) is 0 Å². The zero-order chi connectivity index (χ0) is 17.7. The Morgan fingerprint density at radius 3 is 2.32 bits per heavy atom. The van der Waals surface area contributed by atoms with Gasteiger partial charge in [0.05, 0.1) is 5.69 Å². The Morgan fingerprint density at radius 2 is 1.64 bits per heavy atom. The molecule has 0 radical (unpaired) electrons. The molecule has 0 aliphatic heterocycles. The molecule has 2 amide bonds. The second-order valence-electron chi connectivity index (χ2n) is 6.36. The van der Waals surface area contributed by atoms with E-state index in [-0.39, 0.29) is 11.6 Å². The van der Waals surface area contributed by atoms with E-state index in [2.05, 4.69) is 10.6 Å². The monoisotopic (exact) mass is 340 g/mol. The number of nitrogens with one attached hydrogen (secondary N) is 2. The van der Waals surface area contributed by atoms with Crippen LogP contribution in [0.3, 0.4) is 0 Å². The number of para-hydroxylation sites is 1. The summed E-state index contributed by atoms with van der Waals surface area (Å²) in [6.07, 6.45) is 2.67. The highest BCUT2D eigenvalue weighted by Gasteiger charge is 2.56. The third-order valence-corrected chi connectivity index (χ3v) is 4.51. The van der Waals surface area contributed by atoms with Crippen molar-refractivity contribution in [2.75, 3.05) is 11.9 Å². The van der Waals surface area contributed by atoms with Crippen molar-refractivity contribution in [3.05, 3.63) is 66.0 Å². The molecule has 0 spiro atoms. The van der Waals surface area contributed by atoms with Gasteiger partial charge in [-0.15, -0.1) is 0 Å². The van der Waals surface area contributed by atoms with Gasteiger partial charge in [0.25, 0.3) is 0 Å². The van der Waals surface area contributed by atoms with Gasteiger partial charge in [0, 0.05) is 6.54 Å². The molecule has 0 saturated heterocycles. The first-order chi connectivity index (χ1) is 12.1. The lowest BCUT2D eigenvalue weighted by Crippen LogP contribution is -2.40.